The Morgan fingerprint density at radius 1 is 1.10 bits per heavy atom. The lowest BCUT2D eigenvalue weighted by molar-refractivity contribution is -0.114. The van der Waals surface area contributed by atoms with Gasteiger partial charge >= 0.3 is 0 Å². The van der Waals surface area contributed by atoms with Crippen LogP contribution in [0.25, 0.3) is 5.69 Å². The summed E-state index contributed by atoms with van der Waals surface area (Å²) in [5.41, 5.74) is 1.71. The first kappa shape index (κ1) is 21.0. The van der Waals surface area contributed by atoms with Crippen molar-refractivity contribution in [3.8, 4) is 17.2 Å². The van der Waals surface area contributed by atoms with Crippen LogP contribution in [0.1, 0.15) is 12.6 Å². The van der Waals surface area contributed by atoms with Gasteiger partial charge in [0.2, 0.25) is 5.91 Å². The summed E-state index contributed by atoms with van der Waals surface area (Å²) in [6.45, 7) is 3.92. The van der Waals surface area contributed by atoms with E-state index in [1.165, 1.54) is 19.1 Å². The van der Waals surface area contributed by atoms with E-state index in [1.54, 1.807) is 41.9 Å². The summed E-state index contributed by atoms with van der Waals surface area (Å²) in [4.78, 5) is 11.3. The van der Waals surface area contributed by atoms with Crippen molar-refractivity contribution >= 4 is 39.0 Å². The van der Waals surface area contributed by atoms with Gasteiger partial charge in [-0.1, -0.05) is 11.6 Å². The molecule has 0 fully saturated rings. The van der Waals surface area contributed by atoms with Crippen LogP contribution in [0.3, 0.4) is 0 Å². The number of anilines is 2. The first-order valence-corrected chi connectivity index (χ1v) is 11.2. The Labute approximate surface area is 184 Å². The van der Waals surface area contributed by atoms with E-state index in [4.69, 9.17) is 21.1 Å². The summed E-state index contributed by atoms with van der Waals surface area (Å²) in [6.07, 6.45) is 0. The highest BCUT2D eigenvalue weighted by Gasteiger charge is 2.23. The number of fused-ring (bicyclic) bond motifs is 1. The van der Waals surface area contributed by atoms with Crippen molar-refractivity contribution in [2.75, 3.05) is 23.3 Å². The maximum Gasteiger partial charge on any atom is 0.263 e. The molecule has 0 radical (unpaired) electrons. The Hall–Kier alpha value is -3.24. The predicted octanol–water partition coefficient (Wildman–Crippen LogP) is 3.36. The van der Waals surface area contributed by atoms with Crippen molar-refractivity contribution in [3.63, 3.8) is 0 Å². The van der Waals surface area contributed by atoms with Crippen LogP contribution in [0.4, 0.5) is 11.5 Å². The van der Waals surface area contributed by atoms with Gasteiger partial charge in [0.15, 0.2) is 11.5 Å². The highest BCUT2D eigenvalue weighted by atomic mass is 35.5. The van der Waals surface area contributed by atoms with Gasteiger partial charge in [0.05, 0.1) is 16.4 Å². The minimum Gasteiger partial charge on any atom is -0.486 e. The van der Waals surface area contributed by atoms with Crippen LogP contribution >= 0.6 is 11.6 Å². The molecule has 1 aromatic heterocycles. The summed E-state index contributed by atoms with van der Waals surface area (Å²) >= 11 is 6.18. The minimum absolute atomic E-state index is 0.0281. The molecule has 3 aromatic rings. The fraction of sp³-hybridized carbons (Fsp3) is 0.200. The van der Waals surface area contributed by atoms with Gasteiger partial charge in [-0.2, -0.15) is 5.10 Å². The van der Waals surface area contributed by atoms with Crippen LogP contribution in [-0.4, -0.2) is 37.3 Å². The number of nitrogens with zero attached hydrogens (tertiary/aromatic N) is 2. The molecule has 0 saturated heterocycles. The third kappa shape index (κ3) is 4.44. The lowest BCUT2D eigenvalue weighted by Crippen LogP contribution is -2.18. The highest BCUT2D eigenvalue weighted by molar-refractivity contribution is 7.92. The van der Waals surface area contributed by atoms with Crippen molar-refractivity contribution in [1.29, 1.82) is 0 Å². The van der Waals surface area contributed by atoms with Crippen LogP contribution in [0.15, 0.2) is 47.4 Å². The van der Waals surface area contributed by atoms with E-state index >= 15 is 0 Å². The van der Waals surface area contributed by atoms with Crippen LogP contribution in [0, 0.1) is 6.92 Å². The number of rotatable bonds is 5. The van der Waals surface area contributed by atoms with E-state index < -0.39 is 10.0 Å². The van der Waals surface area contributed by atoms with Crippen LogP contribution in [0.2, 0.25) is 5.02 Å². The summed E-state index contributed by atoms with van der Waals surface area (Å²) in [6, 6.07) is 11.1. The number of nitrogens with one attached hydrogen (secondary N) is 2. The second-order valence-corrected chi connectivity index (χ2v) is 8.90. The summed E-state index contributed by atoms with van der Waals surface area (Å²) in [7, 11) is -3.97. The Morgan fingerprint density at radius 2 is 1.74 bits per heavy atom. The Bertz CT molecular complexity index is 1260. The molecule has 1 amide bonds. The monoisotopic (exact) mass is 462 g/mol. The van der Waals surface area contributed by atoms with Gasteiger partial charge in [-0.25, -0.2) is 13.1 Å². The van der Waals surface area contributed by atoms with Crippen molar-refractivity contribution in [1.82, 2.24) is 9.78 Å². The molecule has 162 valence electrons. The molecule has 31 heavy (non-hydrogen) atoms. The molecule has 2 N–H and O–H groups in total. The summed E-state index contributed by atoms with van der Waals surface area (Å²) in [5, 5.41) is 7.10. The largest absolute Gasteiger partial charge is 0.486 e. The third-order valence-electron chi connectivity index (χ3n) is 4.39. The number of carbonyl (C=O) groups excluding carboxylic acids is 1. The Morgan fingerprint density at radius 3 is 2.39 bits per heavy atom. The number of aromatic nitrogens is 2. The minimum atomic E-state index is -3.97. The molecule has 0 bridgehead atoms. The SMILES string of the molecule is CC(=O)Nc1cc(C)nn1-c1ccc(NS(=O)(=O)c2cc3c(cc2Cl)OCCO3)cc1. The maximum absolute atomic E-state index is 12.9. The molecule has 0 aliphatic carbocycles. The number of aryl methyl sites for hydroxylation is 1. The fourth-order valence-corrected chi connectivity index (χ4v) is 4.69. The van der Waals surface area contributed by atoms with E-state index in [9.17, 15) is 13.2 Å². The summed E-state index contributed by atoms with van der Waals surface area (Å²) < 4.78 is 40.7. The van der Waals surface area contributed by atoms with E-state index in [0.29, 0.717) is 41.9 Å². The highest BCUT2D eigenvalue weighted by Crippen LogP contribution is 2.37. The first-order valence-electron chi connectivity index (χ1n) is 9.29. The normalized spacial score (nSPS) is 13.0. The third-order valence-corrected chi connectivity index (χ3v) is 6.23. The van der Waals surface area contributed by atoms with E-state index in [0.717, 1.165) is 5.69 Å². The quantitative estimate of drug-likeness (QED) is 0.601. The number of halogens is 1. The van der Waals surface area contributed by atoms with Gasteiger partial charge in [0.1, 0.15) is 23.9 Å². The summed E-state index contributed by atoms with van der Waals surface area (Å²) in [5.74, 6) is 1.03. The molecule has 11 heteroatoms. The second-order valence-electron chi connectivity index (χ2n) is 6.84. The van der Waals surface area contributed by atoms with Crippen molar-refractivity contribution in [3.05, 3.63) is 53.2 Å². The van der Waals surface area contributed by atoms with Gasteiger partial charge in [-0.15, -0.1) is 0 Å². The second kappa shape index (κ2) is 8.12. The topological polar surface area (TPSA) is 112 Å². The predicted molar refractivity (Wildman–Crippen MR) is 116 cm³/mol. The van der Waals surface area contributed by atoms with Gasteiger partial charge in [-0.3, -0.25) is 9.52 Å². The van der Waals surface area contributed by atoms with Crippen LogP contribution in [0.5, 0.6) is 11.5 Å². The maximum atomic E-state index is 12.9. The fourth-order valence-electron chi connectivity index (χ4n) is 3.10. The molecular weight excluding hydrogens is 444 g/mol. The molecule has 4 rings (SSSR count). The number of hydrogen-bond donors (Lipinski definition) is 2. The smallest absolute Gasteiger partial charge is 0.263 e. The average molecular weight is 463 g/mol. The molecule has 1 aliphatic rings. The zero-order valence-electron chi connectivity index (χ0n) is 16.7. The molecule has 0 unspecified atom stereocenters. The van der Waals surface area contributed by atoms with Crippen molar-refractivity contribution < 1.29 is 22.7 Å². The van der Waals surface area contributed by atoms with E-state index in [-0.39, 0.29) is 15.8 Å². The number of sulfonamides is 1. The van der Waals surface area contributed by atoms with Gasteiger partial charge in [0.25, 0.3) is 10.0 Å². The van der Waals surface area contributed by atoms with Gasteiger partial charge in [-0.05, 0) is 31.2 Å². The van der Waals surface area contributed by atoms with Gasteiger partial charge < -0.3 is 14.8 Å². The van der Waals surface area contributed by atoms with Crippen LogP contribution in [-0.2, 0) is 14.8 Å². The zero-order chi connectivity index (χ0) is 22.2. The lowest BCUT2D eigenvalue weighted by Gasteiger charge is -2.20. The first-order chi connectivity index (χ1) is 14.7. The van der Waals surface area contributed by atoms with E-state index in [2.05, 4.69) is 15.1 Å². The molecular formula is C20H19ClN4O5S. The van der Waals surface area contributed by atoms with Crippen molar-refractivity contribution in [2.45, 2.75) is 18.7 Å². The van der Waals surface area contributed by atoms with E-state index in [1.807, 2.05) is 0 Å². The molecule has 0 saturated carbocycles. The van der Waals surface area contributed by atoms with Crippen molar-refractivity contribution in [2.24, 2.45) is 0 Å². The number of amides is 1. The number of benzene rings is 2. The molecule has 0 spiro atoms. The molecule has 1 aliphatic heterocycles. The number of carbonyl (C=O) groups is 1. The number of hydrogen-bond acceptors (Lipinski definition) is 6. The average Bonchev–Trinajstić information content (AvgIpc) is 3.07. The lowest BCUT2D eigenvalue weighted by atomic mass is 10.3. The number of ether oxygens (including phenoxy) is 2. The zero-order valence-corrected chi connectivity index (χ0v) is 18.2. The van der Waals surface area contributed by atoms with Gasteiger partial charge in [0, 0.05) is 30.8 Å². The molecule has 2 heterocycles. The molecule has 0 atom stereocenters. The standard InChI is InChI=1S/C20H19ClN4O5S/c1-12-9-20(22-13(2)26)25(23-12)15-5-3-14(4-6-15)24-31(27,28)19-11-18-17(10-16(19)21)29-7-8-30-18/h3-6,9-11,24H,7-8H2,1-2H3,(H,22,26). The Kier molecular flexibility index (Phi) is 5.50. The molecule has 2 aromatic carbocycles. The molecule has 9 nitrogen and oxygen atoms in total. The Balaban J connectivity index is 1.59. The van der Waals surface area contributed by atoms with Crippen LogP contribution < -0.4 is 19.5 Å².